The van der Waals surface area contributed by atoms with Gasteiger partial charge in [-0.2, -0.15) is 0 Å². The maximum atomic E-state index is 3.53. The van der Waals surface area contributed by atoms with Crippen LogP contribution in [0.2, 0.25) is 0 Å². The lowest BCUT2D eigenvalue weighted by Crippen LogP contribution is -2.40. The molecule has 3 rings (SSSR count). The van der Waals surface area contributed by atoms with Crippen LogP contribution in [0.25, 0.3) is 0 Å². The molecular weight excluding hydrogens is 244 g/mol. The molecule has 1 N–H and O–H groups in total. The first kappa shape index (κ1) is 14.1. The van der Waals surface area contributed by atoms with Crippen LogP contribution in [0, 0.1) is 5.92 Å². The van der Waals surface area contributed by atoms with Gasteiger partial charge in [-0.1, -0.05) is 49.6 Å². The van der Waals surface area contributed by atoms with Crippen LogP contribution in [0.4, 0.5) is 0 Å². The van der Waals surface area contributed by atoms with E-state index in [4.69, 9.17) is 0 Å². The molecule has 0 aromatic heterocycles. The molecule has 1 heterocycles. The summed E-state index contributed by atoms with van der Waals surface area (Å²) >= 11 is 0. The van der Waals surface area contributed by atoms with Gasteiger partial charge in [0.2, 0.25) is 0 Å². The zero-order valence-electron chi connectivity index (χ0n) is 12.6. The number of rotatable bonds is 5. The molecule has 0 bridgehead atoms. The van der Waals surface area contributed by atoms with E-state index in [1.54, 1.807) is 0 Å². The van der Waals surface area contributed by atoms with Gasteiger partial charge in [-0.25, -0.2) is 0 Å². The van der Waals surface area contributed by atoms with Gasteiger partial charge in [-0.3, -0.25) is 4.90 Å². The Morgan fingerprint density at radius 1 is 1.00 bits per heavy atom. The predicted octanol–water partition coefficient (Wildman–Crippen LogP) is 3.43. The molecule has 1 saturated carbocycles. The van der Waals surface area contributed by atoms with Crippen LogP contribution >= 0.6 is 0 Å². The minimum absolute atomic E-state index is 0.747. The summed E-state index contributed by atoms with van der Waals surface area (Å²) in [5.74, 6) is 0.938. The largest absolute Gasteiger partial charge is 0.315 e. The molecule has 1 aromatic rings. The Morgan fingerprint density at radius 2 is 1.80 bits per heavy atom. The van der Waals surface area contributed by atoms with Crippen LogP contribution in [0.1, 0.15) is 44.1 Å². The summed E-state index contributed by atoms with van der Waals surface area (Å²) in [5, 5.41) is 3.53. The summed E-state index contributed by atoms with van der Waals surface area (Å²) in [5.41, 5.74) is 1.47. The van der Waals surface area contributed by atoms with Crippen molar-refractivity contribution >= 4 is 0 Å². The summed E-state index contributed by atoms with van der Waals surface area (Å²) in [6, 6.07) is 11.7. The highest BCUT2D eigenvalue weighted by molar-refractivity contribution is 5.14. The lowest BCUT2D eigenvalue weighted by Gasteiger charge is -2.33. The van der Waals surface area contributed by atoms with E-state index in [0.29, 0.717) is 0 Å². The number of hydrogen-bond donors (Lipinski definition) is 1. The second-order valence-electron chi connectivity index (χ2n) is 6.57. The molecule has 2 nitrogen and oxygen atoms in total. The second-order valence-corrected chi connectivity index (χ2v) is 6.57. The molecular formula is C18H28N2. The van der Waals surface area contributed by atoms with E-state index in [0.717, 1.165) is 18.5 Å². The maximum Gasteiger partial charge on any atom is 0.0237 e. The molecule has 0 radical (unpaired) electrons. The number of nitrogens with zero attached hydrogens (tertiary/aromatic N) is 1. The average molecular weight is 272 g/mol. The van der Waals surface area contributed by atoms with Gasteiger partial charge < -0.3 is 5.32 Å². The highest BCUT2D eigenvalue weighted by Crippen LogP contribution is 2.26. The third kappa shape index (κ3) is 3.83. The van der Waals surface area contributed by atoms with E-state index in [9.17, 15) is 0 Å². The van der Waals surface area contributed by atoms with E-state index in [1.165, 1.54) is 63.7 Å². The van der Waals surface area contributed by atoms with Crippen LogP contribution in [-0.4, -0.2) is 30.6 Å². The Balaban J connectivity index is 1.63. The minimum Gasteiger partial charge on any atom is -0.315 e. The first-order chi connectivity index (χ1) is 9.92. The van der Waals surface area contributed by atoms with Crippen LogP contribution in [0.5, 0.6) is 0 Å². The van der Waals surface area contributed by atoms with Gasteiger partial charge >= 0.3 is 0 Å². The van der Waals surface area contributed by atoms with Gasteiger partial charge in [0.15, 0.2) is 0 Å². The quantitative estimate of drug-likeness (QED) is 0.883. The molecule has 1 aromatic carbocycles. The molecule has 1 aliphatic heterocycles. The molecule has 1 aliphatic carbocycles. The second kappa shape index (κ2) is 7.24. The normalized spacial score (nSPS) is 24.4. The fourth-order valence-corrected chi connectivity index (χ4v) is 3.81. The summed E-state index contributed by atoms with van der Waals surface area (Å²) < 4.78 is 0. The van der Waals surface area contributed by atoms with E-state index in [-0.39, 0.29) is 0 Å². The molecule has 1 unspecified atom stereocenters. The first-order valence-corrected chi connectivity index (χ1v) is 8.40. The molecule has 2 fully saturated rings. The topological polar surface area (TPSA) is 15.3 Å². The smallest absolute Gasteiger partial charge is 0.0237 e. The van der Waals surface area contributed by atoms with Crippen molar-refractivity contribution < 1.29 is 0 Å². The van der Waals surface area contributed by atoms with E-state index >= 15 is 0 Å². The fraction of sp³-hybridized carbons (Fsp3) is 0.667. The van der Waals surface area contributed by atoms with Crippen LogP contribution in [0.3, 0.4) is 0 Å². The third-order valence-electron chi connectivity index (χ3n) is 5.00. The van der Waals surface area contributed by atoms with Gasteiger partial charge in [0, 0.05) is 25.7 Å². The van der Waals surface area contributed by atoms with Crippen LogP contribution < -0.4 is 5.32 Å². The minimum atomic E-state index is 0.747. The zero-order chi connectivity index (χ0) is 13.6. The third-order valence-corrected chi connectivity index (χ3v) is 5.00. The molecule has 110 valence electrons. The molecule has 20 heavy (non-hydrogen) atoms. The van der Waals surface area contributed by atoms with Gasteiger partial charge in [0.05, 0.1) is 0 Å². The van der Waals surface area contributed by atoms with Crippen molar-refractivity contribution in [3.63, 3.8) is 0 Å². The molecule has 2 aliphatic rings. The Morgan fingerprint density at radius 3 is 2.50 bits per heavy atom. The van der Waals surface area contributed by atoms with E-state index < -0.39 is 0 Å². The van der Waals surface area contributed by atoms with Gasteiger partial charge in [-0.05, 0) is 37.3 Å². The number of hydrogen-bond acceptors (Lipinski definition) is 2. The fourth-order valence-electron chi connectivity index (χ4n) is 3.81. The zero-order valence-corrected chi connectivity index (χ0v) is 12.6. The van der Waals surface area contributed by atoms with Gasteiger partial charge in [-0.15, -0.1) is 0 Å². The Hall–Kier alpha value is -0.860. The van der Waals surface area contributed by atoms with E-state index in [2.05, 4.69) is 40.5 Å². The molecule has 1 saturated heterocycles. The Bertz CT molecular complexity index is 378. The highest BCUT2D eigenvalue weighted by atomic mass is 15.2. The molecule has 0 spiro atoms. The van der Waals surface area contributed by atoms with Gasteiger partial charge in [0.1, 0.15) is 0 Å². The summed E-state index contributed by atoms with van der Waals surface area (Å²) in [6.45, 7) is 4.81. The van der Waals surface area contributed by atoms with Crippen molar-refractivity contribution in [2.45, 2.75) is 51.1 Å². The summed E-state index contributed by atoms with van der Waals surface area (Å²) in [7, 11) is 0. The highest BCUT2D eigenvalue weighted by Gasteiger charge is 2.25. The summed E-state index contributed by atoms with van der Waals surface area (Å²) in [4.78, 5) is 2.76. The van der Waals surface area contributed by atoms with Crippen LogP contribution in [-0.2, 0) is 6.54 Å². The van der Waals surface area contributed by atoms with Crippen molar-refractivity contribution in [1.82, 2.24) is 10.2 Å². The standard InChI is InChI=1S/C18H28N2/c1-3-7-16(8-4-1)14-20(18-11-12-19-13-18)15-17-9-5-2-6-10-17/h1,3-4,7-8,17-19H,2,5-6,9-15H2. The molecule has 2 heteroatoms. The summed E-state index contributed by atoms with van der Waals surface area (Å²) in [6.07, 6.45) is 8.58. The van der Waals surface area contributed by atoms with Crippen molar-refractivity contribution in [2.24, 2.45) is 5.92 Å². The lowest BCUT2D eigenvalue weighted by molar-refractivity contribution is 0.149. The van der Waals surface area contributed by atoms with Crippen molar-refractivity contribution in [1.29, 1.82) is 0 Å². The first-order valence-electron chi connectivity index (χ1n) is 8.40. The van der Waals surface area contributed by atoms with Crippen molar-refractivity contribution in [3.05, 3.63) is 35.9 Å². The van der Waals surface area contributed by atoms with Crippen LogP contribution in [0.15, 0.2) is 30.3 Å². The maximum absolute atomic E-state index is 3.53. The molecule has 1 atom stereocenters. The number of nitrogens with one attached hydrogen (secondary N) is 1. The van der Waals surface area contributed by atoms with Gasteiger partial charge in [0.25, 0.3) is 0 Å². The van der Waals surface area contributed by atoms with Crippen molar-refractivity contribution in [2.75, 3.05) is 19.6 Å². The lowest BCUT2D eigenvalue weighted by atomic mass is 9.88. The average Bonchev–Trinajstić information content (AvgIpc) is 3.03. The molecule has 0 amide bonds. The monoisotopic (exact) mass is 272 g/mol. The Kier molecular flexibility index (Phi) is 5.10. The predicted molar refractivity (Wildman–Crippen MR) is 84.7 cm³/mol. The van der Waals surface area contributed by atoms with E-state index in [1.807, 2.05) is 0 Å². The number of benzene rings is 1. The van der Waals surface area contributed by atoms with Crippen molar-refractivity contribution in [3.8, 4) is 0 Å². The SMILES string of the molecule is c1ccc(CN(CC2CCCCC2)C2CCNC2)cc1. The Labute approximate surface area is 123 Å².